The lowest BCUT2D eigenvalue weighted by Crippen LogP contribution is -2.29. The molecule has 3 rings (SSSR count). The zero-order valence-corrected chi connectivity index (χ0v) is 19.7. The Labute approximate surface area is 195 Å². The number of rotatable bonds is 8. The molecule has 1 aromatic carbocycles. The number of thiophene rings is 1. The van der Waals surface area contributed by atoms with E-state index < -0.39 is 11.9 Å². The van der Waals surface area contributed by atoms with Gasteiger partial charge in [-0.05, 0) is 37.8 Å². The number of nitrogens with one attached hydrogen (secondary N) is 1. The van der Waals surface area contributed by atoms with Gasteiger partial charge in [0.1, 0.15) is 0 Å². The Hall–Kier alpha value is -3.02. The number of esters is 2. The molecule has 6 nitrogen and oxygen atoms in total. The third-order valence-electron chi connectivity index (χ3n) is 4.54. The smallest absolute Gasteiger partial charge is 0.337 e. The standard InChI is InChI=1S/C24H24N2O4S2/c1-4-29-24(28)21-20(18-11-8-12-31-18)17(13-25)23(32-14-19(27)30-15(2)3)26-22(21)16-9-6-5-7-10-16/h5-12,15,20,26H,4,14H2,1-3H3. The summed E-state index contributed by atoms with van der Waals surface area (Å²) in [4.78, 5) is 26.1. The molecule has 0 saturated carbocycles. The van der Waals surface area contributed by atoms with E-state index in [9.17, 15) is 14.9 Å². The van der Waals surface area contributed by atoms with Crippen molar-refractivity contribution in [2.75, 3.05) is 12.4 Å². The maximum absolute atomic E-state index is 13.1. The minimum absolute atomic E-state index is 0.0413. The van der Waals surface area contributed by atoms with E-state index in [1.165, 1.54) is 23.1 Å². The molecule has 32 heavy (non-hydrogen) atoms. The van der Waals surface area contributed by atoms with Gasteiger partial charge < -0.3 is 14.8 Å². The van der Waals surface area contributed by atoms with Crippen LogP contribution in [0.5, 0.6) is 0 Å². The van der Waals surface area contributed by atoms with Crippen LogP contribution in [0.25, 0.3) is 5.70 Å². The van der Waals surface area contributed by atoms with E-state index in [0.717, 1.165) is 10.4 Å². The first-order valence-corrected chi connectivity index (χ1v) is 12.1. The highest BCUT2D eigenvalue weighted by molar-refractivity contribution is 8.03. The molecule has 0 amide bonds. The van der Waals surface area contributed by atoms with Crippen molar-refractivity contribution in [1.82, 2.24) is 5.32 Å². The van der Waals surface area contributed by atoms with E-state index in [0.29, 0.717) is 21.9 Å². The third-order valence-corrected chi connectivity index (χ3v) is 6.47. The Morgan fingerprint density at radius 1 is 1.22 bits per heavy atom. The molecule has 0 radical (unpaired) electrons. The van der Waals surface area contributed by atoms with Crippen LogP contribution in [0.3, 0.4) is 0 Å². The molecule has 2 aromatic rings. The Morgan fingerprint density at radius 2 is 1.97 bits per heavy atom. The Morgan fingerprint density at radius 3 is 2.56 bits per heavy atom. The van der Waals surface area contributed by atoms with Crippen molar-refractivity contribution in [3.63, 3.8) is 0 Å². The fourth-order valence-electron chi connectivity index (χ4n) is 3.33. The predicted octanol–water partition coefficient (Wildman–Crippen LogP) is 4.83. The number of thioether (sulfide) groups is 1. The van der Waals surface area contributed by atoms with Gasteiger partial charge in [0.25, 0.3) is 0 Å². The molecule has 1 aromatic heterocycles. The summed E-state index contributed by atoms with van der Waals surface area (Å²) in [6.07, 6.45) is -0.221. The van der Waals surface area contributed by atoms with Crippen molar-refractivity contribution in [2.45, 2.75) is 32.8 Å². The van der Waals surface area contributed by atoms with E-state index in [-0.39, 0.29) is 24.4 Å². The van der Waals surface area contributed by atoms with E-state index >= 15 is 0 Å². The summed E-state index contributed by atoms with van der Waals surface area (Å²) in [5.41, 5.74) is 2.11. The lowest BCUT2D eigenvalue weighted by molar-refractivity contribution is -0.144. The molecule has 0 saturated heterocycles. The second kappa shape index (κ2) is 11.0. The van der Waals surface area contributed by atoms with Crippen LogP contribution in [0.4, 0.5) is 0 Å². The number of nitriles is 1. The summed E-state index contributed by atoms with van der Waals surface area (Å²) < 4.78 is 10.6. The monoisotopic (exact) mass is 468 g/mol. The van der Waals surface area contributed by atoms with Crippen molar-refractivity contribution in [3.05, 3.63) is 74.5 Å². The molecule has 2 heterocycles. The van der Waals surface area contributed by atoms with Crippen molar-refractivity contribution in [2.24, 2.45) is 0 Å². The van der Waals surface area contributed by atoms with Crippen LogP contribution < -0.4 is 5.32 Å². The van der Waals surface area contributed by atoms with Gasteiger partial charge in [-0.3, -0.25) is 4.79 Å². The number of hydrogen-bond acceptors (Lipinski definition) is 8. The number of ether oxygens (including phenoxy) is 2. The first-order valence-electron chi connectivity index (χ1n) is 10.2. The van der Waals surface area contributed by atoms with E-state index in [2.05, 4.69) is 11.4 Å². The van der Waals surface area contributed by atoms with Gasteiger partial charge in [-0.15, -0.1) is 11.3 Å². The number of benzene rings is 1. The number of carbonyl (C=O) groups is 2. The van der Waals surface area contributed by atoms with Crippen molar-refractivity contribution in [1.29, 1.82) is 5.26 Å². The van der Waals surface area contributed by atoms with Gasteiger partial charge in [0.05, 0.1) is 52.3 Å². The molecule has 1 unspecified atom stereocenters. The maximum Gasteiger partial charge on any atom is 0.337 e. The minimum Gasteiger partial charge on any atom is -0.463 e. The second-order valence-electron chi connectivity index (χ2n) is 7.13. The number of carbonyl (C=O) groups excluding carboxylic acids is 2. The van der Waals surface area contributed by atoms with Crippen LogP contribution in [-0.2, 0) is 19.1 Å². The molecule has 1 N–H and O–H groups in total. The van der Waals surface area contributed by atoms with Gasteiger partial charge in [-0.1, -0.05) is 48.2 Å². The summed E-state index contributed by atoms with van der Waals surface area (Å²) in [6.45, 7) is 5.54. The van der Waals surface area contributed by atoms with Gasteiger partial charge in [-0.2, -0.15) is 5.26 Å². The third kappa shape index (κ3) is 5.42. The molecule has 0 aliphatic carbocycles. The van der Waals surface area contributed by atoms with E-state index in [4.69, 9.17) is 9.47 Å². The first-order chi connectivity index (χ1) is 15.5. The van der Waals surface area contributed by atoms with Crippen LogP contribution in [0.15, 0.2) is 64.0 Å². The fourth-order valence-corrected chi connectivity index (χ4v) is 4.99. The van der Waals surface area contributed by atoms with E-state index in [1.54, 1.807) is 20.8 Å². The molecule has 166 valence electrons. The first kappa shape index (κ1) is 23.6. The quantitative estimate of drug-likeness (QED) is 0.555. The van der Waals surface area contributed by atoms with Crippen LogP contribution >= 0.6 is 23.1 Å². The van der Waals surface area contributed by atoms with Gasteiger partial charge in [0, 0.05) is 4.88 Å². The highest BCUT2D eigenvalue weighted by Crippen LogP contribution is 2.44. The van der Waals surface area contributed by atoms with Crippen LogP contribution in [0.2, 0.25) is 0 Å². The summed E-state index contributed by atoms with van der Waals surface area (Å²) in [7, 11) is 0. The normalized spacial score (nSPS) is 15.9. The van der Waals surface area contributed by atoms with Gasteiger partial charge >= 0.3 is 11.9 Å². The fraction of sp³-hybridized carbons (Fsp3) is 0.292. The SMILES string of the molecule is CCOC(=O)C1=C(c2ccccc2)NC(SCC(=O)OC(C)C)=C(C#N)C1c1cccs1. The summed E-state index contributed by atoms with van der Waals surface area (Å²) in [5, 5.41) is 15.8. The van der Waals surface area contributed by atoms with Gasteiger partial charge in [0.2, 0.25) is 0 Å². The van der Waals surface area contributed by atoms with Crippen molar-refractivity contribution < 1.29 is 19.1 Å². The Kier molecular flexibility index (Phi) is 8.14. The zero-order valence-electron chi connectivity index (χ0n) is 18.1. The molecular weight excluding hydrogens is 444 g/mol. The van der Waals surface area contributed by atoms with Crippen LogP contribution in [-0.4, -0.2) is 30.4 Å². The summed E-state index contributed by atoms with van der Waals surface area (Å²) in [5.74, 6) is -1.40. The highest BCUT2D eigenvalue weighted by Gasteiger charge is 2.37. The molecule has 1 aliphatic rings. The average Bonchev–Trinajstić information content (AvgIpc) is 3.31. The molecule has 1 aliphatic heterocycles. The average molecular weight is 469 g/mol. The molecule has 0 bridgehead atoms. The van der Waals surface area contributed by atoms with Crippen LogP contribution in [0.1, 0.15) is 37.1 Å². The number of dihydropyridines is 1. The van der Waals surface area contributed by atoms with Crippen molar-refractivity contribution >= 4 is 40.7 Å². The lowest BCUT2D eigenvalue weighted by atomic mass is 9.85. The Bertz CT molecular complexity index is 1070. The summed E-state index contributed by atoms with van der Waals surface area (Å²) in [6, 6.07) is 15.5. The topological polar surface area (TPSA) is 88.4 Å². The molecular formula is C24H24N2O4S2. The largest absolute Gasteiger partial charge is 0.463 e. The second-order valence-corrected chi connectivity index (χ2v) is 9.10. The Balaban J connectivity index is 2.12. The molecule has 0 spiro atoms. The summed E-state index contributed by atoms with van der Waals surface area (Å²) >= 11 is 2.66. The maximum atomic E-state index is 13.1. The molecule has 0 fully saturated rings. The van der Waals surface area contributed by atoms with Gasteiger partial charge in [-0.25, -0.2) is 4.79 Å². The van der Waals surface area contributed by atoms with Crippen LogP contribution in [0, 0.1) is 11.3 Å². The molecule has 1 atom stereocenters. The number of hydrogen-bond donors (Lipinski definition) is 1. The molecule has 8 heteroatoms. The van der Waals surface area contributed by atoms with E-state index in [1.807, 2.05) is 47.8 Å². The van der Waals surface area contributed by atoms with Gasteiger partial charge in [0.15, 0.2) is 0 Å². The number of allylic oxidation sites excluding steroid dienone is 1. The minimum atomic E-state index is -0.598. The predicted molar refractivity (Wildman–Crippen MR) is 127 cm³/mol. The zero-order chi connectivity index (χ0) is 23.1. The number of nitrogens with zero attached hydrogens (tertiary/aromatic N) is 1. The lowest BCUT2D eigenvalue weighted by Gasteiger charge is -2.30. The van der Waals surface area contributed by atoms with Crippen molar-refractivity contribution in [3.8, 4) is 6.07 Å². The highest BCUT2D eigenvalue weighted by atomic mass is 32.2.